The van der Waals surface area contributed by atoms with E-state index in [0.29, 0.717) is 5.02 Å². The summed E-state index contributed by atoms with van der Waals surface area (Å²) in [6.07, 6.45) is 2.05. The molecule has 33 heavy (non-hydrogen) atoms. The predicted molar refractivity (Wildman–Crippen MR) is 141 cm³/mol. The smallest absolute Gasteiger partial charge is 0.113 e. The summed E-state index contributed by atoms with van der Waals surface area (Å²) < 4.78 is 1.91. The van der Waals surface area contributed by atoms with Gasteiger partial charge in [0, 0.05) is 48.6 Å². The number of aromatic nitrogens is 2. The molecule has 5 rings (SSSR count). The second kappa shape index (κ2) is 9.38. The van der Waals surface area contributed by atoms with Gasteiger partial charge in [0.15, 0.2) is 0 Å². The summed E-state index contributed by atoms with van der Waals surface area (Å²) in [4.78, 5) is 5.56. The van der Waals surface area contributed by atoms with Gasteiger partial charge >= 0.3 is 0 Å². The zero-order valence-corrected chi connectivity index (χ0v) is 20.1. The number of para-hydroxylation sites is 1. The molecular weight excluding hydrogens is 448 g/mol. The van der Waals surface area contributed by atoms with E-state index in [2.05, 4.69) is 41.0 Å². The van der Waals surface area contributed by atoms with Crippen molar-refractivity contribution in [1.29, 1.82) is 0 Å². The van der Waals surface area contributed by atoms with Crippen molar-refractivity contribution >= 4 is 34.5 Å². The molecule has 4 nitrogen and oxygen atoms in total. The maximum absolute atomic E-state index is 6.13. The van der Waals surface area contributed by atoms with Gasteiger partial charge in [-0.15, -0.1) is 0 Å². The highest BCUT2D eigenvalue weighted by Crippen LogP contribution is 2.27. The molecular formula is C27H25ClN4S. The Kier molecular flexibility index (Phi) is 6.16. The molecule has 4 aromatic rings. The second-order valence-electron chi connectivity index (χ2n) is 8.29. The molecule has 1 fully saturated rings. The van der Waals surface area contributed by atoms with Gasteiger partial charge in [0.1, 0.15) is 10.7 Å². The average Bonchev–Trinajstić information content (AvgIpc) is 3.31. The highest BCUT2D eigenvalue weighted by molar-refractivity contribution is 7.80. The Morgan fingerprint density at radius 1 is 0.818 bits per heavy atom. The molecule has 0 bridgehead atoms. The van der Waals surface area contributed by atoms with Crippen LogP contribution in [0.4, 0.5) is 5.69 Å². The number of thiocarbonyl (C=S) groups is 1. The van der Waals surface area contributed by atoms with Crippen LogP contribution in [0.1, 0.15) is 11.1 Å². The maximum atomic E-state index is 6.13. The number of aryl methyl sites for hydroxylation is 1. The molecule has 0 radical (unpaired) electrons. The number of benzene rings is 3. The number of nitrogens with zero attached hydrogens (tertiary/aromatic N) is 4. The van der Waals surface area contributed by atoms with E-state index < -0.39 is 0 Å². The number of hydrogen-bond acceptors (Lipinski definition) is 3. The predicted octanol–water partition coefficient (Wildman–Crippen LogP) is 6.00. The summed E-state index contributed by atoms with van der Waals surface area (Å²) in [5, 5.41) is 5.62. The average molecular weight is 473 g/mol. The van der Waals surface area contributed by atoms with Crippen molar-refractivity contribution in [2.75, 3.05) is 31.1 Å². The molecule has 0 amide bonds. The molecule has 2 heterocycles. The van der Waals surface area contributed by atoms with Crippen LogP contribution in [-0.2, 0) is 0 Å². The van der Waals surface area contributed by atoms with Crippen molar-refractivity contribution in [3.05, 3.63) is 101 Å². The van der Waals surface area contributed by atoms with Gasteiger partial charge in [0.05, 0.1) is 11.3 Å². The second-order valence-corrected chi connectivity index (χ2v) is 9.12. The van der Waals surface area contributed by atoms with Gasteiger partial charge in [-0.1, -0.05) is 71.8 Å². The third-order valence-corrected chi connectivity index (χ3v) is 6.78. The van der Waals surface area contributed by atoms with E-state index in [1.54, 1.807) is 0 Å². The Morgan fingerprint density at radius 3 is 2.15 bits per heavy atom. The van der Waals surface area contributed by atoms with Crippen LogP contribution in [0.2, 0.25) is 5.02 Å². The van der Waals surface area contributed by atoms with E-state index in [9.17, 15) is 0 Å². The van der Waals surface area contributed by atoms with Crippen molar-refractivity contribution < 1.29 is 0 Å². The Hall–Kier alpha value is -3.15. The van der Waals surface area contributed by atoms with Crippen LogP contribution in [0.25, 0.3) is 16.9 Å². The highest BCUT2D eigenvalue weighted by Gasteiger charge is 2.24. The Balaban J connectivity index is 1.41. The molecule has 1 aliphatic rings. The molecule has 0 unspecified atom stereocenters. The topological polar surface area (TPSA) is 24.3 Å². The fourth-order valence-electron chi connectivity index (χ4n) is 4.16. The van der Waals surface area contributed by atoms with Crippen LogP contribution in [-0.4, -0.2) is 45.8 Å². The van der Waals surface area contributed by atoms with Gasteiger partial charge in [-0.05, 0) is 43.3 Å². The largest absolute Gasteiger partial charge is 0.368 e. The molecule has 0 N–H and O–H groups in total. The van der Waals surface area contributed by atoms with Crippen LogP contribution < -0.4 is 4.90 Å². The minimum absolute atomic E-state index is 0.706. The first-order valence-corrected chi connectivity index (χ1v) is 11.9. The molecule has 6 heteroatoms. The SMILES string of the molecule is Cc1ccc(N2CCN(C(=S)c3cn(-c4ccccc4)nc3-c3ccc(Cl)cc3)CC2)cc1. The third kappa shape index (κ3) is 4.65. The van der Waals surface area contributed by atoms with Gasteiger partial charge in [-0.2, -0.15) is 5.10 Å². The fraction of sp³-hybridized carbons (Fsp3) is 0.185. The van der Waals surface area contributed by atoms with Crippen LogP contribution in [0.5, 0.6) is 0 Å². The zero-order chi connectivity index (χ0) is 22.8. The van der Waals surface area contributed by atoms with Gasteiger partial charge in [-0.25, -0.2) is 4.68 Å². The molecule has 0 aliphatic carbocycles. The van der Waals surface area contributed by atoms with Crippen molar-refractivity contribution in [1.82, 2.24) is 14.7 Å². The van der Waals surface area contributed by atoms with E-state index in [0.717, 1.165) is 53.7 Å². The number of rotatable bonds is 4. The van der Waals surface area contributed by atoms with Crippen molar-refractivity contribution in [3.63, 3.8) is 0 Å². The van der Waals surface area contributed by atoms with Crippen molar-refractivity contribution in [2.24, 2.45) is 0 Å². The molecule has 3 aromatic carbocycles. The van der Waals surface area contributed by atoms with E-state index >= 15 is 0 Å². The minimum Gasteiger partial charge on any atom is -0.368 e. The third-order valence-electron chi connectivity index (χ3n) is 6.05. The van der Waals surface area contributed by atoms with Gasteiger partial charge < -0.3 is 9.80 Å². The molecule has 1 aliphatic heterocycles. The molecule has 1 aromatic heterocycles. The summed E-state index contributed by atoms with van der Waals surface area (Å²) in [6.45, 7) is 5.75. The lowest BCUT2D eigenvalue weighted by Crippen LogP contribution is -2.48. The number of anilines is 1. The van der Waals surface area contributed by atoms with E-state index in [1.807, 2.05) is 65.5 Å². The fourth-order valence-corrected chi connectivity index (χ4v) is 4.62. The van der Waals surface area contributed by atoms with Gasteiger partial charge in [-0.3, -0.25) is 0 Å². The molecule has 0 atom stereocenters. The zero-order valence-electron chi connectivity index (χ0n) is 18.5. The number of piperazine rings is 1. The van der Waals surface area contributed by atoms with E-state index in [-0.39, 0.29) is 0 Å². The monoisotopic (exact) mass is 472 g/mol. The summed E-state index contributed by atoms with van der Waals surface area (Å²) in [6, 6.07) is 26.7. The van der Waals surface area contributed by atoms with Crippen LogP contribution >= 0.6 is 23.8 Å². The Labute approximate surface area is 205 Å². The first-order valence-electron chi connectivity index (χ1n) is 11.1. The standard InChI is InChI=1S/C27H25ClN4S/c1-20-7-13-23(14-8-20)30-15-17-31(18-16-30)27(33)25-19-32(24-5-3-2-4-6-24)29-26(25)21-9-11-22(28)12-10-21/h2-14,19H,15-18H2,1H3. The molecule has 166 valence electrons. The lowest BCUT2D eigenvalue weighted by atomic mass is 10.1. The summed E-state index contributed by atoms with van der Waals surface area (Å²) in [5.41, 5.74) is 6.41. The van der Waals surface area contributed by atoms with Crippen LogP contribution in [0.3, 0.4) is 0 Å². The molecule has 0 saturated carbocycles. The quantitative estimate of drug-likeness (QED) is 0.340. The van der Waals surface area contributed by atoms with Crippen LogP contribution in [0.15, 0.2) is 85.1 Å². The summed E-state index contributed by atoms with van der Waals surface area (Å²) in [7, 11) is 0. The highest BCUT2D eigenvalue weighted by atomic mass is 35.5. The van der Waals surface area contributed by atoms with Crippen molar-refractivity contribution in [2.45, 2.75) is 6.92 Å². The number of halogens is 1. The first-order chi connectivity index (χ1) is 16.1. The van der Waals surface area contributed by atoms with Crippen LogP contribution in [0, 0.1) is 6.92 Å². The number of hydrogen-bond donors (Lipinski definition) is 0. The lowest BCUT2D eigenvalue weighted by Gasteiger charge is -2.37. The van der Waals surface area contributed by atoms with E-state index in [4.69, 9.17) is 28.9 Å². The minimum atomic E-state index is 0.706. The summed E-state index contributed by atoms with van der Waals surface area (Å²) >= 11 is 12.2. The lowest BCUT2D eigenvalue weighted by molar-refractivity contribution is 0.392. The Bertz CT molecular complexity index is 1240. The van der Waals surface area contributed by atoms with Crippen molar-refractivity contribution in [3.8, 4) is 16.9 Å². The Morgan fingerprint density at radius 2 is 1.48 bits per heavy atom. The first kappa shape index (κ1) is 21.7. The van der Waals surface area contributed by atoms with Gasteiger partial charge in [0.25, 0.3) is 0 Å². The molecule has 0 spiro atoms. The van der Waals surface area contributed by atoms with Gasteiger partial charge in [0.2, 0.25) is 0 Å². The maximum Gasteiger partial charge on any atom is 0.113 e. The normalized spacial score (nSPS) is 13.9. The molecule has 1 saturated heterocycles. The summed E-state index contributed by atoms with van der Waals surface area (Å²) in [5.74, 6) is 0. The van der Waals surface area contributed by atoms with E-state index in [1.165, 1.54) is 11.3 Å².